The van der Waals surface area contributed by atoms with Crippen LogP contribution in [-0.2, 0) is 0 Å². The molecule has 0 saturated heterocycles. The number of hydrogen-bond donors (Lipinski definition) is 1. The van der Waals surface area contributed by atoms with E-state index in [-0.39, 0.29) is 17.5 Å². The van der Waals surface area contributed by atoms with Crippen LogP contribution in [0, 0.1) is 13.8 Å². The smallest absolute Gasteiger partial charge is 0.341 e. The summed E-state index contributed by atoms with van der Waals surface area (Å²) < 4.78 is 5.76. The van der Waals surface area contributed by atoms with Crippen molar-refractivity contribution in [1.29, 1.82) is 0 Å². The van der Waals surface area contributed by atoms with Gasteiger partial charge in [-0.05, 0) is 45.2 Å². The summed E-state index contributed by atoms with van der Waals surface area (Å²) in [6.45, 7) is 7.77. The summed E-state index contributed by atoms with van der Waals surface area (Å²) in [6.07, 6.45) is 5.64. The van der Waals surface area contributed by atoms with Gasteiger partial charge in [-0.2, -0.15) is 0 Å². The number of nitrogens with zero attached hydrogens (tertiary/aromatic N) is 1. The van der Waals surface area contributed by atoms with E-state index in [1.807, 2.05) is 13.8 Å². The molecule has 1 heterocycles. The van der Waals surface area contributed by atoms with Gasteiger partial charge in [0.25, 0.3) is 0 Å². The van der Waals surface area contributed by atoms with E-state index in [1.54, 1.807) is 13.0 Å². The molecule has 1 atom stereocenters. The normalized spacial score (nSPS) is 12.2. The van der Waals surface area contributed by atoms with Gasteiger partial charge >= 0.3 is 5.97 Å². The minimum Gasteiger partial charge on any atom is -0.477 e. The fourth-order valence-electron chi connectivity index (χ4n) is 2.26. The third kappa shape index (κ3) is 4.83. The van der Waals surface area contributed by atoms with Crippen molar-refractivity contribution in [1.82, 2.24) is 4.98 Å². The highest BCUT2D eigenvalue weighted by molar-refractivity contribution is 5.91. The number of carboxylic acids is 1. The molecule has 0 saturated carbocycles. The van der Waals surface area contributed by atoms with E-state index in [9.17, 15) is 9.90 Å². The Morgan fingerprint density at radius 1 is 1.35 bits per heavy atom. The number of ether oxygens (including phenoxy) is 1. The van der Waals surface area contributed by atoms with Crippen LogP contribution in [0.2, 0.25) is 0 Å². The first kappa shape index (κ1) is 16.5. The number of hydrogen-bond acceptors (Lipinski definition) is 3. The van der Waals surface area contributed by atoms with Gasteiger partial charge in [-0.1, -0.05) is 26.2 Å². The van der Waals surface area contributed by atoms with Crippen molar-refractivity contribution in [3.8, 4) is 5.88 Å². The molecule has 1 aromatic rings. The number of aryl methyl sites for hydroxylation is 2. The highest BCUT2D eigenvalue weighted by Crippen LogP contribution is 2.23. The SMILES string of the molecule is CCCCCCC(C)Oc1nc(C)cc(C)c1C(=O)O. The van der Waals surface area contributed by atoms with Gasteiger partial charge in [0, 0.05) is 5.69 Å². The van der Waals surface area contributed by atoms with Gasteiger partial charge in [0.15, 0.2) is 0 Å². The van der Waals surface area contributed by atoms with Gasteiger partial charge in [0.05, 0.1) is 6.10 Å². The van der Waals surface area contributed by atoms with Gasteiger partial charge in [0.2, 0.25) is 5.88 Å². The van der Waals surface area contributed by atoms with Crippen LogP contribution in [0.4, 0.5) is 0 Å². The Kier molecular flexibility index (Phi) is 6.49. The van der Waals surface area contributed by atoms with Gasteiger partial charge < -0.3 is 9.84 Å². The van der Waals surface area contributed by atoms with Crippen molar-refractivity contribution in [2.45, 2.75) is 65.9 Å². The van der Waals surface area contributed by atoms with Crippen LogP contribution in [0.15, 0.2) is 6.07 Å². The standard InChI is InChI=1S/C16H25NO3/c1-5-6-7-8-9-13(4)20-15-14(16(18)19)11(2)10-12(3)17-15/h10,13H,5-9H2,1-4H3,(H,18,19). The van der Waals surface area contributed by atoms with Gasteiger partial charge in [-0.15, -0.1) is 0 Å². The van der Waals surface area contributed by atoms with Crippen molar-refractivity contribution in [3.63, 3.8) is 0 Å². The van der Waals surface area contributed by atoms with E-state index < -0.39 is 5.97 Å². The third-order valence-electron chi connectivity index (χ3n) is 3.30. The average Bonchev–Trinajstić information content (AvgIpc) is 2.33. The number of aromatic nitrogens is 1. The fraction of sp³-hybridized carbons (Fsp3) is 0.625. The topological polar surface area (TPSA) is 59.4 Å². The lowest BCUT2D eigenvalue weighted by atomic mass is 10.1. The van der Waals surface area contributed by atoms with Crippen LogP contribution < -0.4 is 4.74 Å². The number of carbonyl (C=O) groups is 1. The van der Waals surface area contributed by atoms with Crippen LogP contribution in [-0.4, -0.2) is 22.2 Å². The summed E-state index contributed by atoms with van der Waals surface area (Å²) in [5.41, 5.74) is 1.65. The van der Waals surface area contributed by atoms with Crippen LogP contribution in [0.25, 0.3) is 0 Å². The van der Waals surface area contributed by atoms with E-state index in [0.29, 0.717) is 5.56 Å². The molecule has 4 heteroatoms. The Bertz CT molecular complexity index is 457. The van der Waals surface area contributed by atoms with Crippen molar-refractivity contribution in [2.75, 3.05) is 0 Å². The maximum Gasteiger partial charge on any atom is 0.341 e. The number of unbranched alkanes of at least 4 members (excludes halogenated alkanes) is 3. The molecule has 20 heavy (non-hydrogen) atoms. The lowest BCUT2D eigenvalue weighted by Gasteiger charge is -2.16. The molecule has 0 fully saturated rings. The fourth-order valence-corrected chi connectivity index (χ4v) is 2.26. The molecule has 0 bridgehead atoms. The Morgan fingerprint density at radius 3 is 2.65 bits per heavy atom. The summed E-state index contributed by atoms with van der Waals surface area (Å²) >= 11 is 0. The number of rotatable bonds is 8. The quantitative estimate of drug-likeness (QED) is 0.727. The maximum absolute atomic E-state index is 11.3. The van der Waals surface area contributed by atoms with Crippen molar-refractivity contribution < 1.29 is 14.6 Å². The van der Waals surface area contributed by atoms with E-state index >= 15 is 0 Å². The first-order valence-corrected chi connectivity index (χ1v) is 7.33. The molecule has 1 aromatic heterocycles. The Balaban J connectivity index is 2.73. The molecular formula is C16H25NO3. The molecule has 0 aromatic carbocycles. The number of carboxylic acid groups (broad SMARTS) is 1. The number of pyridine rings is 1. The number of aromatic carboxylic acids is 1. The lowest BCUT2D eigenvalue weighted by Crippen LogP contribution is -2.16. The molecule has 0 aliphatic rings. The van der Waals surface area contributed by atoms with Crippen molar-refractivity contribution >= 4 is 5.97 Å². The molecular weight excluding hydrogens is 254 g/mol. The maximum atomic E-state index is 11.3. The van der Waals surface area contributed by atoms with Crippen molar-refractivity contribution in [3.05, 3.63) is 22.9 Å². The molecule has 0 amide bonds. The average molecular weight is 279 g/mol. The lowest BCUT2D eigenvalue weighted by molar-refractivity contribution is 0.0687. The van der Waals surface area contributed by atoms with Crippen LogP contribution in [0.1, 0.15) is 67.6 Å². The summed E-state index contributed by atoms with van der Waals surface area (Å²) in [5.74, 6) is -0.735. The van der Waals surface area contributed by atoms with E-state index in [2.05, 4.69) is 11.9 Å². The summed E-state index contributed by atoms with van der Waals surface area (Å²) in [7, 11) is 0. The minimum atomic E-state index is -0.983. The third-order valence-corrected chi connectivity index (χ3v) is 3.30. The Labute approximate surface area is 121 Å². The molecule has 1 rings (SSSR count). The monoisotopic (exact) mass is 279 g/mol. The molecule has 112 valence electrons. The summed E-state index contributed by atoms with van der Waals surface area (Å²) in [5, 5.41) is 9.28. The summed E-state index contributed by atoms with van der Waals surface area (Å²) in [6, 6.07) is 1.77. The second-order valence-electron chi connectivity index (χ2n) is 5.34. The summed E-state index contributed by atoms with van der Waals surface area (Å²) in [4.78, 5) is 15.6. The van der Waals surface area contributed by atoms with Crippen molar-refractivity contribution in [2.24, 2.45) is 0 Å². The molecule has 0 radical (unpaired) electrons. The molecule has 0 spiro atoms. The largest absolute Gasteiger partial charge is 0.477 e. The first-order valence-electron chi connectivity index (χ1n) is 7.33. The van der Waals surface area contributed by atoms with Crippen LogP contribution in [0.5, 0.6) is 5.88 Å². The van der Waals surface area contributed by atoms with Crippen LogP contribution in [0.3, 0.4) is 0 Å². The Hall–Kier alpha value is -1.58. The molecule has 1 N–H and O–H groups in total. The minimum absolute atomic E-state index is 0.0151. The predicted octanol–water partition coefficient (Wildman–Crippen LogP) is 4.13. The zero-order valence-electron chi connectivity index (χ0n) is 12.9. The molecule has 4 nitrogen and oxygen atoms in total. The van der Waals surface area contributed by atoms with Crippen LogP contribution >= 0.6 is 0 Å². The highest BCUT2D eigenvalue weighted by atomic mass is 16.5. The Morgan fingerprint density at radius 2 is 2.05 bits per heavy atom. The van der Waals surface area contributed by atoms with E-state index in [4.69, 9.17) is 4.74 Å². The van der Waals surface area contributed by atoms with Gasteiger partial charge in [-0.3, -0.25) is 0 Å². The molecule has 0 aliphatic carbocycles. The van der Waals surface area contributed by atoms with E-state index in [1.165, 1.54) is 19.3 Å². The second-order valence-corrected chi connectivity index (χ2v) is 5.34. The van der Waals surface area contributed by atoms with E-state index in [0.717, 1.165) is 18.5 Å². The van der Waals surface area contributed by atoms with Gasteiger partial charge in [0.1, 0.15) is 5.56 Å². The first-order chi connectivity index (χ1) is 9.45. The highest BCUT2D eigenvalue weighted by Gasteiger charge is 2.18. The zero-order chi connectivity index (χ0) is 15.1. The predicted molar refractivity (Wildman–Crippen MR) is 79.5 cm³/mol. The molecule has 0 aliphatic heterocycles. The zero-order valence-corrected chi connectivity index (χ0v) is 12.9. The second kappa shape index (κ2) is 7.88. The van der Waals surface area contributed by atoms with Gasteiger partial charge in [-0.25, -0.2) is 9.78 Å². The molecule has 1 unspecified atom stereocenters.